The number of nitrogens with zero attached hydrogens (tertiary/aromatic N) is 5. The second-order valence-electron chi connectivity index (χ2n) is 7.79. The van der Waals surface area contributed by atoms with Gasteiger partial charge in [-0.2, -0.15) is 9.36 Å². The number of aromatic nitrogens is 5. The highest BCUT2D eigenvalue weighted by molar-refractivity contribution is 7.89. The van der Waals surface area contributed by atoms with E-state index >= 15 is 0 Å². The van der Waals surface area contributed by atoms with Crippen molar-refractivity contribution in [2.75, 3.05) is 6.26 Å². The van der Waals surface area contributed by atoms with Crippen LogP contribution in [-0.2, 0) is 29.2 Å². The lowest BCUT2D eigenvalue weighted by atomic mass is 10.1. The van der Waals surface area contributed by atoms with E-state index in [0.29, 0.717) is 17.3 Å². The largest absolute Gasteiger partial charge is 0.473 e. The molecule has 0 saturated carbocycles. The first kappa shape index (κ1) is 22.4. The van der Waals surface area contributed by atoms with Gasteiger partial charge in [0.1, 0.15) is 6.61 Å². The van der Waals surface area contributed by atoms with Gasteiger partial charge in [0, 0.05) is 30.5 Å². The number of tetrazole rings is 1. The highest BCUT2D eigenvalue weighted by Gasteiger charge is 2.14. The highest BCUT2D eigenvalue weighted by Crippen LogP contribution is 2.23. The highest BCUT2D eigenvalue weighted by atomic mass is 32.2. The molecule has 2 aromatic carbocycles. The molecule has 0 bridgehead atoms. The second kappa shape index (κ2) is 8.99. The van der Waals surface area contributed by atoms with Crippen molar-refractivity contribution in [1.82, 2.24) is 24.8 Å². The lowest BCUT2D eigenvalue weighted by Crippen LogP contribution is -2.23. The Morgan fingerprint density at radius 3 is 2.36 bits per heavy atom. The molecule has 2 heterocycles. The molecular formula is C23H23N5O4S. The van der Waals surface area contributed by atoms with E-state index in [1.54, 1.807) is 31.3 Å². The normalized spacial score (nSPS) is 11.5. The van der Waals surface area contributed by atoms with E-state index in [1.165, 1.54) is 15.6 Å². The molecule has 0 aliphatic heterocycles. The Bertz CT molecular complexity index is 1460. The topological polar surface area (TPSA) is 109 Å². The molecule has 170 valence electrons. The van der Waals surface area contributed by atoms with Crippen molar-refractivity contribution in [1.29, 1.82) is 0 Å². The van der Waals surface area contributed by atoms with Gasteiger partial charge in [0.25, 0.3) is 0 Å². The Morgan fingerprint density at radius 2 is 1.70 bits per heavy atom. The van der Waals surface area contributed by atoms with Crippen LogP contribution in [0, 0.1) is 6.92 Å². The van der Waals surface area contributed by atoms with E-state index in [2.05, 4.69) is 15.4 Å². The first-order valence-corrected chi connectivity index (χ1v) is 12.2. The average molecular weight is 466 g/mol. The maximum absolute atomic E-state index is 12.3. The summed E-state index contributed by atoms with van der Waals surface area (Å²) in [5.41, 5.74) is 4.28. The number of hydrogen-bond donors (Lipinski definition) is 0. The molecule has 9 nitrogen and oxygen atoms in total. The zero-order chi connectivity index (χ0) is 23.6. The summed E-state index contributed by atoms with van der Waals surface area (Å²) in [4.78, 5) is 16.9. The molecule has 0 N–H and O–H groups in total. The summed E-state index contributed by atoms with van der Waals surface area (Å²) in [5, 5.41) is 7.72. The van der Waals surface area contributed by atoms with E-state index in [4.69, 9.17) is 4.74 Å². The fourth-order valence-corrected chi connectivity index (χ4v) is 4.21. The summed E-state index contributed by atoms with van der Waals surface area (Å²) < 4.78 is 31.4. The van der Waals surface area contributed by atoms with Crippen LogP contribution in [-0.4, -0.2) is 39.4 Å². The Balaban J connectivity index is 1.56. The van der Waals surface area contributed by atoms with Gasteiger partial charge in [-0.05, 0) is 40.6 Å². The van der Waals surface area contributed by atoms with Crippen LogP contribution in [0.4, 0.5) is 0 Å². The number of hydrogen-bond acceptors (Lipinski definition) is 7. The van der Waals surface area contributed by atoms with Gasteiger partial charge in [0.05, 0.1) is 17.1 Å². The number of sulfone groups is 1. The van der Waals surface area contributed by atoms with Gasteiger partial charge in [0.2, 0.25) is 5.88 Å². The maximum Gasteiger partial charge on any atom is 0.368 e. The van der Waals surface area contributed by atoms with E-state index in [9.17, 15) is 13.2 Å². The molecule has 0 spiro atoms. The first-order valence-electron chi connectivity index (χ1n) is 10.2. The SMILES string of the molecule is Cc1cccc(-n2nnn(C)c2=O)c1COc1cccc(-c2ccc(CS(C)(=O)=O)cc2)n1. The van der Waals surface area contributed by atoms with Gasteiger partial charge in [0.15, 0.2) is 9.84 Å². The fourth-order valence-electron chi connectivity index (χ4n) is 3.41. The predicted molar refractivity (Wildman–Crippen MR) is 124 cm³/mol. The summed E-state index contributed by atoms with van der Waals surface area (Å²) in [6, 6.07) is 18.3. The zero-order valence-corrected chi connectivity index (χ0v) is 19.3. The van der Waals surface area contributed by atoms with E-state index in [-0.39, 0.29) is 18.0 Å². The quantitative estimate of drug-likeness (QED) is 0.412. The molecular weight excluding hydrogens is 442 g/mol. The van der Waals surface area contributed by atoms with Gasteiger partial charge in [-0.15, -0.1) is 0 Å². The third kappa shape index (κ3) is 5.17. The van der Waals surface area contributed by atoms with Gasteiger partial charge in [-0.1, -0.05) is 42.5 Å². The summed E-state index contributed by atoms with van der Waals surface area (Å²) >= 11 is 0. The third-order valence-electron chi connectivity index (χ3n) is 5.10. The molecule has 0 unspecified atom stereocenters. The first-order chi connectivity index (χ1) is 15.7. The molecule has 0 saturated heterocycles. The van der Waals surface area contributed by atoms with E-state index < -0.39 is 9.84 Å². The van der Waals surface area contributed by atoms with Crippen molar-refractivity contribution in [3.63, 3.8) is 0 Å². The molecule has 0 aliphatic carbocycles. The summed E-state index contributed by atoms with van der Waals surface area (Å²) in [7, 11) is -1.55. The number of aryl methyl sites for hydroxylation is 2. The number of benzene rings is 2. The van der Waals surface area contributed by atoms with Crippen LogP contribution in [0.15, 0.2) is 65.5 Å². The number of ether oxygens (including phenoxy) is 1. The lowest BCUT2D eigenvalue weighted by Gasteiger charge is -2.13. The Labute approximate surface area is 191 Å². The van der Waals surface area contributed by atoms with Crippen LogP contribution in [0.5, 0.6) is 5.88 Å². The Kier molecular flexibility index (Phi) is 6.10. The fraction of sp³-hybridized carbons (Fsp3) is 0.217. The Morgan fingerprint density at radius 1 is 0.970 bits per heavy atom. The van der Waals surface area contributed by atoms with Crippen molar-refractivity contribution in [3.8, 4) is 22.8 Å². The molecule has 0 fully saturated rings. The van der Waals surface area contributed by atoms with Crippen LogP contribution >= 0.6 is 0 Å². The van der Waals surface area contributed by atoms with Crippen LogP contribution < -0.4 is 10.4 Å². The summed E-state index contributed by atoms with van der Waals surface area (Å²) in [5.74, 6) is 0.422. The summed E-state index contributed by atoms with van der Waals surface area (Å²) in [6.45, 7) is 2.13. The monoisotopic (exact) mass is 465 g/mol. The molecule has 4 rings (SSSR count). The molecule has 33 heavy (non-hydrogen) atoms. The lowest BCUT2D eigenvalue weighted by molar-refractivity contribution is 0.293. The third-order valence-corrected chi connectivity index (χ3v) is 5.96. The van der Waals surface area contributed by atoms with Crippen LogP contribution in [0.25, 0.3) is 16.9 Å². The van der Waals surface area contributed by atoms with Crippen molar-refractivity contribution in [3.05, 3.63) is 87.8 Å². The minimum atomic E-state index is -3.09. The zero-order valence-electron chi connectivity index (χ0n) is 18.5. The van der Waals surface area contributed by atoms with Crippen molar-refractivity contribution in [2.45, 2.75) is 19.3 Å². The molecule has 4 aromatic rings. The summed E-state index contributed by atoms with van der Waals surface area (Å²) in [6.07, 6.45) is 1.21. The van der Waals surface area contributed by atoms with Crippen LogP contribution in [0.3, 0.4) is 0 Å². The smallest absolute Gasteiger partial charge is 0.368 e. The minimum absolute atomic E-state index is 0.00248. The van der Waals surface area contributed by atoms with Crippen molar-refractivity contribution in [2.24, 2.45) is 7.05 Å². The maximum atomic E-state index is 12.3. The van der Waals surface area contributed by atoms with Crippen molar-refractivity contribution < 1.29 is 13.2 Å². The minimum Gasteiger partial charge on any atom is -0.473 e. The second-order valence-corrected chi connectivity index (χ2v) is 9.93. The molecule has 0 aliphatic rings. The molecule has 0 atom stereocenters. The number of rotatable bonds is 7. The molecule has 10 heteroatoms. The van der Waals surface area contributed by atoms with Gasteiger partial charge in [-0.25, -0.2) is 18.2 Å². The van der Waals surface area contributed by atoms with Crippen molar-refractivity contribution >= 4 is 9.84 Å². The van der Waals surface area contributed by atoms with E-state index in [0.717, 1.165) is 22.3 Å². The van der Waals surface area contributed by atoms with Crippen LogP contribution in [0.1, 0.15) is 16.7 Å². The predicted octanol–water partition coefficient (Wildman–Crippen LogP) is 2.46. The Hall–Kier alpha value is -3.79. The average Bonchev–Trinajstić information content (AvgIpc) is 3.10. The standard InChI is InChI=1S/C23H23N5O4S/c1-16-6-4-8-21(28-23(29)27(2)25-26-28)19(16)14-32-22-9-5-7-20(24-22)18-12-10-17(11-13-18)15-33(3,30)31/h4-13H,14-15H2,1-3H3. The molecule has 2 aromatic heterocycles. The van der Waals surface area contributed by atoms with E-state index in [1.807, 2.05) is 43.3 Å². The van der Waals surface area contributed by atoms with Crippen LogP contribution in [0.2, 0.25) is 0 Å². The molecule has 0 amide bonds. The molecule has 0 radical (unpaired) electrons. The van der Waals surface area contributed by atoms with Gasteiger partial charge in [-0.3, -0.25) is 0 Å². The van der Waals surface area contributed by atoms with Gasteiger partial charge >= 0.3 is 5.69 Å². The van der Waals surface area contributed by atoms with Gasteiger partial charge < -0.3 is 4.74 Å². The number of pyridine rings is 1.